The van der Waals surface area contributed by atoms with Gasteiger partial charge in [-0.15, -0.1) is 0 Å². The summed E-state index contributed by atoms with van der Waals surface area (Å²) in [7, 11) is 1.37. The van der Waals surface area contributed by atoms with E-state index in [1.165, 1.54) is 49.6 Å². The molecule has 2 aromatic carbocycles. The van der Waals surface area contributed by atoms with E-state index < -0.39 is 29.7 Å². The van der Waals surface area contributed by atoms with Gasteiger partial charge < -0.3 is 29.9 Å². The lowest BCUT2D eigenvalue weighted by atomic mass is 9.87. The zero-order valence-electron chi connectivity index (χ0n) is 14.1. The standard InChI is InChI=1S/C19H16O8/c1-26-15-7-9(2-4-13(15)21)6-11-16(17(18(23)24)27-19(11)25)10-3-5-12(20)14(22)8-10/h2-8,16-17,20-22H,1H3,(H,23,24)/b11-6+/t16-,17-/m0/s1. The van der Waals surface area contributed by atoms with Gasteiger partial charge in [0.2, 0.25) is 6.10 Å². The predicted octanol–water partition coefficient (Wildman–Crippen LogP) is 1.99. The maximum absolute atomic E-state index is 12.3. The Morgan fingerprint density at radius 1 is 1.07 bits per heavy atom. The first-order valence-electron chi connectivity index (χ1n) is 7.86. The maximum Gasteiger partial charge on any atom is 0.346 e. The van der Waals surface area contributed by atoms with E-state index >= 15 is 0 Å². The Kier molecular flexibility index (Phi) is 4.64. The number of hydrogen-bond acceptors (Lipinski definition) is 7. The Hall–Kier alpha value is -3.68. The van der Waals surface area contributed by atoms with Crippen molar-refractivity contribution in [1.82, 2.24) is 0 Å². The molecule has 8 nitrogen and oxygen atoms in total. The summed E-state index contributed by atoms with van der Waals surface area (Å²) in [5, 5.41) is 38.3. The number of carbonyl (C=O) groups is 2. The first-order valence-corrected chi connectivity index (χ1v) is 7.86. The molecule has 2 aromatic rings. The summed E-state index contributed by atoms with van der Waals surface area (Å²) in [6.07, 6.45) is -0.0476. The Labute approximate surface area is 153 Å². The molecule has 140 valence electrons. The van der Waals surface area contributed by atoms with Gasteiger partial charge >= 0.3 is 11.9 Å². The normalized spacial score (nSPS) is 20.5. The second-order valence-corrected chi connectivity index (χ2v) is 5.92. The highest BCUT2D eigenvalue weighted by Crippen LogP contribution is 2.41. The number of benzene rings is 2. The second kappa shape index (κ2) is 6.91. The Morgan fingerprint density at radius 3 is 2.41 bits per heavy atom. The van der Waals surface area contributed by atoms with Gasteiger partial charge in [-0.1, -0.05) is 12.1 Å². The number of aromatic hydroxyl groups is 3. The van der Waals surface area contributed by atoms with Gasteiger partial charge in [0.05, 0.1) is 13.0 Å². The van der Waals surface area contributed by atoms with Crippen LogP contribution in [0.4, 0.5) is 0 Å². The molecular formula is C19H16O8. The minimum absolute atomic E-state index is 0.0558. The van der Waals surface area contributed by atoms with E-state index in [1.807, 2.05) is 0 Å². The van der Waals surface area contributed by atoms with Gasteiger partial charge in [-0.3, -0.25) is 0 Å². The number of methoxy groups -OCH3 is 1. The van der Waals surface area contributed by atoms with Crippen molar-refractivity contribution in [2.24, 2.45) is 0 Å². The number of esters is 1. The van der Waals surface area contributed by atoms with Gasteiger partial charge in [-0.05, 0) is 41.5 Å². The number of rotatable bonds is 4. The first-order chi connectivity index (χ1) is 12.8. The van der Waals surface area contributed by atoms with Crippen molar-refractivity contribution in [3.05, 3.63) is 53.1 Å². The highest BCUT2D eigenvalue weighted by Gasteiger charge is 2.45. The Bertz CT molecular complexity index is 947. The number of carbonyl (C=O) groups excluding carboxylic acids is 1. The van der Waals surface area contributed by atoms with Crippen molar-refractivity contribution >= 4 is 18.0 Å². The van der Waals surface area contributed by atoms with Crippen LogP contribution in [0.15, 0.2) is 42.0 Å². The van der Waals surface area contributed by atoms with Crippen molar-refractivity contribution in [2.75, 3.05) is 7.11 Å². The molecule has 2 atom stereocenters. The molecule has 0 bridgehead atoms. The van der Waals surface area contributed by atoms with E-state index in [9.17, 15) is 30.0 Å². The molecule has 8 heteroatoms. The Balaban J connectivity index is 2.11. The first kappa shape index (κ1) is 18.1. The minimum Gasteiger partial charge on any atom is -0.504 e. The number of carboxylic acids is 1. The fourth-order valence-electron chi connectivity index (χ4n) is 2.93. The van der Waals surface area contributed by atoms with Crippen molar-refractivity contribution in [3.63, 3.8) is 0 Å². The van der Waals surface area contributed by atoms with Crippen LogP contribution in [0.3, 0.4) is 0 Å². The average Bonchev–Trinajstić information content (AvgIpc) is 2.96. The number of hydrogen-bond donors (Lipinski definition) is 4. The fourth-order valence-corrected chi connectivity index (χ4v) is 2.93. The zero-order valence-corrected chi connectivity index (χ0v) is 14.1. The molecule has 0 aromatic heterocycles. The average molecular weight is 372 g/mol. The second-order valence-electron chi connectivity index (χ2n) is 5.92. The molecule has 1 aliphatic rings. The van der Waals surface area contributed by atoms with Crippen LogP contribution in [0.25, 0.3) is 6.08 Å². The van der Waals surface area contributed by atoms with E-state index in [2.05, 4.69) is 0 Å². The van der Waals surface area contributed by atoms with Crippen molar-refractivity contribution in [3.8, 4) is 23.0 Å². The summed E-state index contributed by atoms with van der Waals surface area (Å²) in [5.41, 5.74) is 0.830. The number of phenolic OH excluding ortho intramolecular Hbond substituents is 3. The van der Waals surface area contributed by atoms with Gasteiger partial charge in [-0.25, -0.2) is 9.59 Å². The molecule has 0 amide bonds. The monoisotopic (exact) mass is 372 g/mol. The van der Waals surface area contributed by atoms with Crippen LogP contribution in [0.2, 0.25) is 0 Å². The molecule has 0 spiro atoms. The third-order valence-corrected chi connectivity index (χ3v) is 4.24. The summed E-state index contributed by atoms with van der Waals surface area (Å²) in [4.78, 5) is 23.9. The van der Waals surface area contributed by atoms with Crippen LogP contribution in [-0.2, 0) is 14.3 Å². The van der Waals surface area contributed by atoms with Crippen LogP contribution in [0, 0.1) is 0 Å². The molecule has 0 saturated carbocycles. The van der Waals surface area contributed by atoms with Gasteiger partial charge in [0.25, 0.3) is 0 Å². The fraction of sp³-hybridized carbons (Fsp3) is 0.158. The molecule has 1 fully saturated rings. The molecule has 0 aliphatic carbocycles. The van der Waals surface area contributed by atoms with Crippen molar-refractivity contribution < 1.29 is 39.5 Å². The summed E-state index contributed by atoms with van der Waals surface area (Å²) >= 11 is 0. The van der Waals surface area contributed by atoms with E-state index in [0.29, 0.717) is 11.1 Å². The van der Waals surface area contributed by atoms with Crippen LogP contribution in [0.5, 0.6) is 23.0 Å². The van der Waals surface area contributed by atoms with Crippen molar-refractivity contribution in [1.29, 1.82) is 0 Å². The minimum atomic E-state index is -1.48. The molecule has 4 N–H and O–H groups in total. The van der Waals surface area contributed by atoms with Gasteiger partial charge in [-0.2, -0.15) is 0 Å². The molecule has 1 saturated heterocycles. The number of ether oxygens (including phenoxy) is 2. The number of phenols is 3. The smallest absolute Gasteiger partial charge is 0.346 e. The van der Waals surface area contributed by atoms with E-state index in [1.54, 1.807) is 0 Å². The van der Waals surface area contributed by atoms with Gasteiger partial charge in [0, 0.05) is 5.57 Å². The molecule has 0 radical (unpaired) electrons. The number of cyclic esters (lactones) is 1. The lowest BCUT2D eigenvalue weighted by molar-refractivity contribution is -0.156. The van der Waals surface area contributed by atoms with Crippen LogP contribution in [-0.4, -0.2) is 45.6 Å². The van der Waals surface area contributed by atoms with E-state index in [4.69, 9.17) is 9.47 Å². The third-order valence-electron chi connectivity index (χ3n) is 4.24. The molecule has 27 heavy (non-hydrogen) atoms. The molecule has 3 rings (SSSR count). The predicted molar refractivity (Wildman–Crippen MR) is 92.7 cm³/mol. The van der Waals surface area contributed by atoms with Crippen LogP contribution < -0.4 is 4.74 Å². The van der Waals surface area contributed by atoms with Gasteiger partial charge in [0.15, 0.2) is 23.0 Å². The highest BCUT2D eigenvalue weighted by molar-refractivity contribution is 6.01. The zero-order chi connectivity index (χ0) is 19.7. The lowest BCUT2D eigenvalue weighted by Gasteiger charge is -2.15. The van der Waals surface area contributed by atoms with E-state index in [-0.39, 0.29) is 22.8 Å². The number of aliphatic carboxylic acids is 1. The summed E-state index contributed by atoms with van der Waals surface area (Å²) < 4.78 is 10.0. The summed E-state index contributed by atoms with van der Waals surface area (Å²) in [6, 6.07) is 8.17. The Morgan fingerprint density at radius 2 is 1.78 bits per heavy atom. The van der Waals surface area contributed by atoms with Crippen LogP contribution >= 0.6 is 0 Å². The molecule has 1 heterocycles. The van der Waals surface area contributed by atoms with E-state index in [0.717, 1.165) is 0 Å². The molecule has 1 aliphatic heterocycles. The number of carboxylic acid groups (broad SMARTS) is 1. The third kappa shape index (κ3) is 3.37. The summed E-state index contributed by atoms with van der Waals surface area (Å²) in [5.74, 6) is -3.87. The molecule has 0 unspecified atom stereocenters. The highest BCUT2D eigenvalue weighted by atomic mass is 16.6. The lowest BCUT2D eigenvalue weighted by Crippen LogP contribution is -2.25. The quantitative estimate of drug-likeness (QED) is 0.364. The van der Waals surface area contributed by atoms with Crippen LogP contribution in [0.1, 0.15) is 17.0 Å². The topological polar surface area (TPSA) is 134 Å². The maximum atomic E-state index is 12.3. The largest absolute Gasteiger partial charge is 0.504 e. The van der Waals surface area contributed by atoms with Gasteiger partial charge in [0.1, 0.15) is 0 Å². The molecular weight excluding hydrogens is 356 g/mol. The SMILES string of the molecule is COc1cc(/C=C2/C(=O)O[C@H](C(=O)O)[C@H]2c2ccc(O)c(O)c2)ccc1O. The summed E-state index contributed by atoms with van der Waals surface area (Å²) in [6.45, 7) is 0. The van der Waals surface area contributed by atoms with Crippen molar-refractivity contribution in [2.45, 2.75) is 12.0 Å².